The molecule has 0 bridgehead atoms. The van der Waals surface area contributed by atoms with Crippen molar-refractivity contribution >= 4 is 23.1 Å². The summed E-state index contributed by atoms with van der Waals surface area (Å²) in [7, 11) is 0. The highest BCUT2D eigenvalue weighted by Gasteiger charge is 2.26. The summed E-state index contributed by atoms with van der Waals surface area (Å²) >= 11 is 0. The standard InChI is InChI=1S/C19H25N5O5/c1-4-5-10-22-16(20)15(17(25)21-19(22)27)23(11-12(2)3)18(26)13-6-8-14(9-7-13)24(28)29/h6-9,12H,4-5,10-11,20H2,1-3H3,(H,21,25,27). The van der Waals surface area contributed by atoms with Gasteiger partial charge in [-0.25, -0.2) is 4.79 Å². The first-order chi connectivity index (χ1) is 13.7. The number of carbonyl (C=O) groups excluding carboxylic acids is 1. The molecule has 0 radical (unpaired) electrons. The van der Waals surface area contributed by atoms with Crippen LogP contribution in [-0.2, 0) is 6.54 Å². The number of hydrogen-bond acceptors (Lipinski definition) is 6. The molecule has 0 unspecified atom stereocenters. The first-order valence-electron chi connectivity index (χ1n) is 9.36. The van der Waals surface area contributed by atoms with Crippen LogP contribution < -0.4 is 21.9 Å². The summed E-state index contributed by atoms with van der Waals surface area (Å²) in [5, 5.41) is 10.8. The minimum Gasteiger partial charge on any atom is -0.383 e. The molecule has 0 aliphatic carbocycles. The van der Waals surface area contributed by atoms with Crippen molar-refractivity contribution in [1.82, 2.24) is 9.55 Å². The molecule has 29 heavy (non-hydrogen) atoms. The number of hydrogen-bond donors (Lipinski definition) is 2. The smallest absolute Gasteiger partial charge is 0.330 e. The van der Waals surface area contributed by atoms with Gasteiger partial charge in [0.1, 0.15) is 5.82 Å². The molecule has 10 nitrogen and oxygen atoms in total. The van der Waals surface area contributed by atoms with Gasteiger partial charge in [0.2, 0.25) is 0 Å². The SMILES string of the molecule is CCCCn1c(N)c(N(CC(C)C)C(=O)c2ccc([N+](=O)[O-])cc2)c(=O)[nH]c1=O. The Morgan fingerprint density at radius 2 is 1.90 bits per heavy atom. The molecule has 10 heteroatoms. The van der Waals surface area contributed by atoms with Gasteiger partial charge >= 0.3 is 5.69 Å². The lowest BCUT2D eigenvalue weighted by molar-refractivity contribution is -0.384. The van der Waals surface area contributed by atoms with Crippen molar-refractivity contribution in [2.24, 2.45) is 5.92 Å². The van der Waals surface area contributed by atoms with E-state index in [9.17, 15) is 24.5 Å². The molecule has 1 aromatic carbocycles. The van der Waals surface area contributed by atoms with Crippen molar-refractivity contribution in [3.8, 4) is 0 Å². The number of benzene rings is 1. The summed E-state index contributed by atoms with van der Waals surface area (Å²) in [6.07, 6.45) is 1.49. The van der Waals surface area contributed by atoms with E-state index in [4.69, 9.17) is 5.73 Å². The number of aromatic nitrogens is 2. The number of nitrogens with one attached hydrogen (secondary N) is 1. The van der Waals surface area contributed by atoms with Gasteiger partial charge in [-0.05, 0) is 24.5 Å². The van der Waals surface area contributed by atoms with E-state index < -0.39 is 22.1 Å². The molecule has 1 aromatic heterocycles. The van der Waals surface area contributed by atoms with E-state index in [-0.39, 0.29) is 35.2 Å². The zero-order valence-electron chi connectivity index (χ0n) is 16.7. The predicted molar refractivity (Wildman–Crippen MR) is 110 cm³/mol. The quantitative estimate of drug-likeness (QED) is 0.510. The first-order valence-corrected chi connectivity index (χ1v) is 9.36. The second kappa shape index (κ2) is 9.18. The fourth-order valence-electron chi connectivity index (χ4n) is 2.90. The van der Waals surface area contributed by atoms with Gasteiger partial charge in [0.25, 0.3) is 17.2 Å². The Morgan fingerprint density at radius 1 is 1.28 bits per heavy atom. The fourth-order valence-corrected chi connectivity index (χ4v) is 2.90. The molecule has 0 atom stereocenters. The molecular weight excluding hydrogens is 378 g/mol. The summed E-state index contributed by atoms with van der Waals surface area (Å²) in [5.74, 6) is -0.624. The van der Waals surface area contributed by atoms with Gasteiger partial charge in [-0.2, -0.15) is 0 Å². The van der Waals surface area contributed by atoms with Gasteiger partial charge in [0.05, 0.1) is 4.92 Å². The maximum Gasteiger partial charge on any atom is 0.330 e. The minimum atomic E-state index is -0.754. The largest absolute Gasteiger partial charge is 0.383 e. The average molecular weight is 403 g/mol. The van der Waals surface area contributed by atoms with E-state index in [0.717, 1.165) is 6.42 Å². The van der Waals surface area contributed by atoms with Crippen LogP contribution in [-0.4, -0.2) is 26.9 Å². The van der Waals surface area contributed by atoms with E-state index >= 15 is 0 Å². The Hall–Kier alpha value is -3.43. The normalized spacial score (nSPS) is 10.9. The lowest BCUT2D eigenvalue weighted by Crippen LogP contribution is -2.42. The number of amides is 1. The number of nitrogens with two attached hydrogens (primary N) is 1. The molecule has 1 heterocycles. The van der Waals surface area contributed by atoms with Crippen LogP contribution in [0.5, 0.6) is 0 Å². The minimum absolute atomic E-state index is 0.00758. The third-order valence-corrected chi connectivity index (χ3v) is 4.34. The van der Waals surface area contributed by atoms with Crippen LogP contribution in [0, 0.1) is 16.0 Å². The van der Waals surface area contributed by atoms with E-state index in [1.807, 2.05) is 20.8 Å². The predicted octanol–water partition coefficient (Wildman–Crippen LogP) is 2.13. The summed E-state index contributed by atoms with van der Waals surface area (Å²) in [5.41, 5.74) is 4.68. The number of aromatic amines is 1. The number of unbranched alkanes of at least 4 members (excludes halogenated alkanes) is 1. The van der Waals surface area contributed by atoms with Crippen molar-refractivity contribution in [1.29, 1.82) is 0 Å². The van der Waals surface area contributed by atoms with E-state index in [0.29, 0.717) is 13.0 Å². The van der Waals surface area contributed by atoms with E-state index in [1.54, 1.807) is 0 Å². The topological polar surface area (TPSA) is 144 Å². The number of nitro groups is 1. The molecule has 0 fully saturated rings. The molecule has 0 aliphatic heterocycles. The molecule has 0 saturated heterocycles. The van der Waals surface area contributed by atoms with Crippen molar-refractivity contribution in [2.45, 2.75) is 40.2 Å². The number of rotatable bonds is 8. The monoisotopic (exact) mass is 403 g/mol. The third-order valence-electron chi connectivity index (χ3n) is 4.34. The number of non-ortho nitro benzene ring substituents is 1. The number of carbonyl (C=O) groups is 1. The number of nitrogen functional groups attached to an aromatic ring is 1. The van der Waals surface area contributed by atoms with Gasteiger partial charge in [0, 0.05) is 30.8 Å². The Morgan fingerprint density at radius 3 is 2.41 bits per heavy atom. The summed E-state index contributed by atoms with van der Waals surface area (Å²) in [4.78, 5) is 51.6. The molecule has 1 amide bonds. The first kappa shape index (κ1) is 21.9. The van der Waals surface area contributed by atoms with Crippen LogP contribution in [0.25, 0.3) is 0 Å². The zero-order valence-corrected chi connectivity index (χ0v) is 16.7. The van der Waals surface area contributed by atoms with Crippen LogP contribution in [0.1, 0.15) is 44.0 Å². The summed E-state index contributed by atoms with van der Waals surface area (Å²) < 4.78 is 1.25. The highest BCUT2D eigenvalue weighted by Crippen LogP contribution is 2.22. The van der Waals surface area contributed by atoms with Crippen molar-refractivity contribution in [3.63, 3.8) is 0 Å². The molecule has 0 saturated carbocycles. The molecule has 0 spiro atoms. The number of anilines is 2. The average Bonchev–Trinajstić information content (AvgIpc) is 2.66. The Labute approximate surface area is 167 Å². The lowest BCUT2D eigenvalue weighted by Gasteiger charge is -2.26. The molecule has 3 N–H and O–H groups in total. The Bertz CT molecular complexity index is 1010. The van der Waals surface area contributed by atoms with Crippen molar-refractivity contribution in [3.05, 3.63) is 60.8 Å². The molecule has 0 aliphatic rings. The Kier molecular flexibility index (Phi) is 6.92. The van der Waals surface area contributed by atoms with Crippen molar-refractivity contribution < 1.29 is 9.72 Å². The van der Waals surface area contributed by atoms with Crippen LogP contribution >= 0.6 is 0 Å². The second-order valence-electron chi connectivity index (χ2n) is 7.11. The van der Waals surface area contributed by atoms with Gasteiger partial charge in [-0.1, -0.05) is 27.2 Å². The third kappa shape index (κ3) is 4.89. The number of nitro benzene ring substituents is 1. The van der Waals surface area contributed by atoms with Gasteiger partial charge < -0.3 is 10.6 Å². The number of H-pyrrole nitrogens is 1. The lowest BCUT2D eigenvalue weighted by atomic mass is 10.1. The van der Waals surface area contributed by atoms with Gasteiger partial charge in [0.15, 0.2) is 5.69 Å². The van der Waals surface area contributed by atoms with Crippen LogP contribution in [0.4, 0.5) is 17.2 Å². The maximum atomic E-state index is 13.1. The summed E-state index contributed by atoms with van der Waals surface area (Å²) in [6, 6.07) is 5.09. The zero-order chi connectivity index (χ0) is 21.7. The molecule has 156 valence electrons. The van der Waals surface area contributed by atoms with Gasteiger partial charge in [-0.15, -0.1) is 0 Å². The van der Waals surface area contributed by atoms with Crippen molar-refractivity contribution in [2.75, 3.05) is 17.2 Å². The van der Waals surface area contributed by atoms with Crippen LogP contribution in [0.3, 0.4) is 0 Å². The van der Waals surface area contributed by atoms with Gasteiger partial charge in [-0.3, -0.25) is 29.3 Å². The van der Waals surface area contributed by atoms with E-state index in [1.165, 1.54) is 33.7 Å². The van der Waals surface area contributed by atoms with Crippen LogP contribution in [0.2, 0.25) is 0 Å². The molecular formula is C19H25N5O5. The van der Waals surface area contributed by atoms with Crippen LogP contribution in [0.15, 0.2) is 33.9 Å². The second-order valence-corrected chi connectivity index (χ2v) is 7.11. The maximum absolute atomic E-state index is 13.1. The highest BCUT2D eigenvalue weighted by atomic mass is 16.6. The molecule has 2 aromatic rings. The highest BCUT2D eigenvalue weighted by molar-refractivity contribution is 6.07. The number of nitrogens with zero attached hydrogens (tertiary/aromatic N) is 3. The molecule has 2 rings (SSSR count). The summed E-state index contributed by atoms with van der Waals surface area (Å²) in [6.45, 7) is 6.18. The Balaban J connectivity index is 2.57. The fraction of sp³-hybridized carbons (Fsp3) is 0.421. The van der Waals surface area contributed by atoms with E-state index in [2.05, 4.69) is 4.98 Å².